The van der Waals surface area contributed by atoms with Crippen molar-refractivity contribution < 1.29 is 4.79 Å². The highest BCUT2D eigenvalue weighted by Gasteiger charge is 2.36. The maximum Gasteiger partial charge on any atom is 0.224 e. The van der Waals surface area contributed by atoms with Gasteiger partial charge in [-0.25, -0.2) is 0 Å². The van der Waals surface area contributed by atoms with Gasteiger partial charge in [0.05, 0.1) is 5.38 Å². The van der Waals surface area contributed by atoms with Gasteiger partial charge in [0.1, 0.15) is 0 Å². The molecule has 12 heavy (non-hydrogen) atoms. The molecule has 1 fully saturated rings. The molecule has 70 valence electrons. The second kappa shape index (κ2) is 3.25. The molecule has 0 radical (unpaired) electrons. The van der Waals surface area contributed by atoms with Crippen LogP contribution < -0.4 is 0 Å². The molecule has 1 aliphatic rings. The fourth-order valence-electron chi connectivity index (χ4n) is 1.44. The van der Waals surface area contributed by atoms with Crippen LogP contribution in [0.25, 0.3) is 0 Å². The lowest BCUT2D eigenvalue weighted by Gasteiger charge is -2.34. The molecule has 0 saturated carbocycles. The van der Waals surface area contributed by atoms with Crippen molar-refractivity contribution in [1.82, 2.24) is 4.90 Å². The molecule has 0 N–H and O–H groups in total. The molecule has 3 heteroatoms. The lowest BCUT2D eigenvalue weighted by atomic mass is 10.00. The van der Waals surface area contributed by atoms with E-state index in [1.54, 1.807) is 0 Å². The van der Waals surface area contributed by atoms with E-state index in [-0.39, 0.29) is 16.8 Å². The van der Waals surface area contributed by atoms with Gasteiger partial charge in [-0.3, -0.25) is 4.79 Å². The van der Waals surface area contributed by atoms with Crippen molar-refractivity contribution in [3.8, 4) is 0 Å². The van der Waals surface area contributed by atoms with E-state index in [4.69, 9.17) is 11.6 Å². The van der Waals surface area contributed by atoms with Crippen molar-refractivity contribution in [2.24, 2.45) is 0 Å². The zero-order chi connectivity index (χ0) is 9.35. The van der Waals surface area contributed by atoms with Gasteiger partial charge in [0, 0.05) is 18.5 Å². The SMILES string of the molecule is CCC(C)(C)N1CC(Cl)CC1=O. The lowest BCUT2D eigenvalue weighted by Crippen LogP contribution is -2.44. The summed E-state index contributed by atoms with van der Waals surface area (Å²) in [6.07, 6.45) is 1.48. The Balaban J connectivity index is 2.70. The number of rotatable bonds is 2. The Bertz CT molecular complexity index is 191. The Morgan fingerprint density at radius 1 is 1.67 bits per heavy atom. The standard InChI is InChI=1S/C9H16ClNO/c1-4-9(2,3)11-6-7(10)5-8(11)12/h7H,4-6H2,1-3H3. The molecule has 2 nitrogen and oxygen atoms in total. The third-order valence-corrected chi connectivity index (χ3v) is 2.97. The number of carbonyl (C=O) groups excluding carboxylic acids is 1. The average Bonchev–Trinajstić information content (AvgIpc) is 2.31. The Labute approximate surface area is 78.9 Å². The topological polar surface area (TPSA) is 20.3 Å². The molecule has 0 aromatic heterocycles. The highest BCUT2D eigenvalue weighted by atomic mass is 35.5. The van der Waals surface area contributed by atoms with E-state index in [9.17, 15) is 4.79 Å². The van der Waals surface area contributed by atoms with Gasteiger partial charge >= 0.3 is 0 Å². The van der Waals surface area contributed by atoms with E-state index in [1.165, 1.54) is 0 Å². The quantitative estimate of drug-likeness (QED) is 0.609. The summed E-state index contributed by atoms with van der Waals surface area (Å²) in [5, 5.41) is 0.0170. The Morgan fingerprint density at radius 2 is 2.25 bits per heavy atom. The molecule has 1 atom stereocenters. The van der Waals surface area contributed by atoms with Gasteiger partial charge in [-0.05, 0) is 20.3 Å². The molecule has 1 saturated heterocycles. The van der Waals surface area contributed by atoms with Gasteiger partial charge in [0.2, 0.25) is 5.91 Å². The van der Waals surface area contributed by atoms with Crippen LogP contribution in [0.1, 0.15) is 33.6 Å². The van der Waals surface area contributed by atoms with Crippen LogP contribution in [-0.4, -0.2) is 28.3 Å². The lowest BCUT2D eigenvalue weighted by molar-refractivity contribution is -0.132. The Kier molecular flexibility index (Phi) is 2.67. The van der Waals surface area contributed by atoms with Crippen LogP contribution in [0.4, 0.5) is 0 Å². The van der Waals surface area contributed by atoms with E-state index in [0.29, 0.717) is 13.0 Å². The number of alkyl halides is 1. The highest BCUT2D eigenvalue weighted by molar-refractivity contribution is 6.22. The molecule has 0 aliphatic carbocycles. The number of amides is 1. The molecule has 0 spiro atoms. The zero-order valence-electron chi connectivity index (χ0n) is 7.93. The number of carbonyl (C=O) groups is 1. The molecule has 1 aliphatic heterocycles. The minimum absolute atomic E-state index is 0.0170. The first-order valence-corrected chi connectivity index (χ1v) is 4.85. The van der Waals surface area contributed by atoms with Gasteiger partial charge in [0.15, 0.2) is 0 Å². The van der Waals surface area contributed by atoms with Crippen LogP contribution in [0, 0.1) is 0 Å². The predicted octanol–water partition coefficient (Wildman–Crippen LogP) is 2.01. The third-order valence-electron chi connectivity index (χ3n) is 2.67. The molecular formula is C9H16ClNO. The summed E-state index contributed by atoms with van der Waals surface area (Å²) in [6, 6.07) is 0. The first kappa shape index (κ1) is 9.85. The maximum atomic E-state index is 11.4. The van der Waals surface area contributed by atoms with Crippen LogP contribution >= 0.6 is 11.6 Å². The van der Waals surface area contributed by atoms with Crippen LogP contribution in [-0.2, 0) is 4.79 Å². The normalized spacial score (nSPS) is 25.2. The second-order valence-corrected chi connectivity index (χ2v) is 4.59. The summed E-state index contributed by atoms with van der Waals surface area (Å²) >= 11 is 5.90. The van der Waals surface area contributed by atoms with Gasteiger partial charge < -0.3 is 4.90 Å². The van der Waals surface area contributed by atoms with E-state index >= 15 is 0 Å². The van der Waals surface area contributed by atoms with Crippen molar-refractivity contribution in [2.45, 2.75) is 44.5 Å². The summed E-state index contributed by atoms with van der Waals surface area (Å²) < 4.78 is 0. The highest BCUT2D eigenvalue weighted by Crippen LogP contribution is 2.27. The Morgan fingerprint density at radius 3 is 2.58 bits per heavy atom. The summed E-state index contributed by atoms with van der Waals surface area (Å²) in [7, 11) is 0. The van der Waals surface area contributed by atoms with Gasteiger partial charge in [-0.1, -0.05) is 6.92 Å². The molecule has 0 aromatic carbocycles. The largest absolute Gasteiger partial charge is 0.336 e. The van der Waals surface area contributed by atoms with Gasteiger partial charge in [-0.15, -0.1) is 11.6 Å². The van der Waals surface area contributed by atoms with E-state index < -0.39 is 0 Å². The number of nitrogens with zero attached hydrogens (tertiary/aromatic N) is 1. The third kappa shape index (κ3) is 1.74. The molecule has 1 heterocycles. The Hall–Kier alpha value is -0.240. The number of likely N-dealkylation sites (tertiary alicyclic amines) is 1. The van der Waals surface area contributed by atoms with Crippen LogP contribution in [0.3, 0.4) is 0 Å². The van der Waals surface area contributed by atoms with Crippen molar-refractivity contribution >= 4 is 17.5 Å². The fourth-order valence-corrected chi connectivity index (χ4v) is 1.71. The summed E-state index contributed by atoms with van der Waals surface area (Å²) in [6.45, 7) is 6.97. The number of hydrogen-bond acceptors (Lipinski definition) is 1. The van der Waals surface area contributed by atoms with Crippen molar-refractivity contribution in [3.63, 3.8) is 0 Å². The van der Waals surface area contributed by atoms with Crippen LogP contribution in [0.2, 0.25) is 0 Å². The van der Waals surface area contributed by atoms with Gasteiger partial charge in [0.25, 0.3) is 0 Å². The maximum absolute atomic E-state index is 11.4. The first-order chi connectivity index (χ1) is 5.47. The predicted molar refractivity (Wildman–Crippen MR) is 50.3 cm³/mol. The molecule has 1 unspecified atom stereocenters. The first-order valence-electron chi connectivity index (χ1n) is 4.42. The zero-order valence-corrected chi connectivity index (χ0v) is 8.69. The summed E-state index contributed by atoms with van der Waals surface area (Å²) in [5.41, 5.74) is -0.0271. The van der Waals surface area contributed by atoms with Crippen molar-refractivity contribution in [2.75, 3.05) is 6.54 Å². The molecule has 1 rings (SSSR count). The molecular weight excluding hydrogens is 174 g/mol. The minimum Gasteiger partial charge on any atom is -0.336 e. The van der Waals surface area contributed by atoms with E-state index in [1.807, 2.05) is 4.90 Å². The monoisotopic (exact) mass is 189 g/mol. The minimum atomic E-state index is -0.0271. The van der Waals surface area contributed by atoms with Crippen molar-refractivity contribution in [1.29, 1.82) is 0 Å². The second-order valence-electron chi connectivity index (χ2n) is 3.97. The number of hydrogen-bond donors (Lipinski definition) is 0. The molecule has 1 amide bonds. The molecule has 0 aromatic rings. The van der Waals surface area contributed by atoms with E-state index in [0.717, 1.165) is 6.42 Å². The summed E-state index contributed by atoms with van der Waals surface area (Å²) in [5.74, 6) is 0.196. The number of halogens is 1. The van der Waals surface area contributed by atoms with Crippen molar-refractivity contribution in [3.05, 3.63) is 0 Å². The fraction of sp³-hybridized carbons (Fsp3) is 0.889. The average molecular weight is 190 g/mol. The smallest absolute Gasteiger partial charge is 0.224 e. The molecule has 0 bridgehead atoms. The van der Waals surface area contributed by atoms with Crippen LogP contribution in [0.5, 0.6) is 0 Å². The van der Waals surface area contributed by atoms with E-state index in [2.05, 4.69) is 20.8 Å². The van der Waals surface area contributed by atoms with Crippen LogP contribution in [0.15, 0.2) is 0 Å². The van der Waals surface area contributed by atoms with Gasteiger partial charge in [-0.2, -0.15) is 0 Å². The summed E-state index contributed by atoms with van der Waals surface area (Å²) in [4.78, 5) is 13.3.